The molecule has 0 unspecified atom stereocenters. The van der Waals surface area contributed by atoms with E-state index in [-0.39, 0.29) is 36.3 Å². The predicted molar refractivity (Wildman–Crippen MR) is 88.4 cm³/mol. The molecule has 3 rings (SSSR count). The van der Waals surface area contributed by atoms with E-state index in [1.807, 2.05) is 0 Å². The van der Waals surface area contributed by atoms with Gasteiger partial charge in [0.1, 0.15) is 5.82 Å². The molecule has 9 heteroatoms. The number of carboxylic acids is 1. The molecule has 138 valence electrons. The van der Waals surface area contributed by atoms with Crippen LogP contribution in [-0.4, -0.2) is 33.3 Å². The van der Waals surface area contributed by atoms with Gasteiger partial charge in [-0.2, -0.15) is 4.98 Å². The Morgan fingerprint density at radius 1 is 1.27 bits per heavy atom. The summed E-state index contributed by atoms with van der Waals surface area (Å²) in [5.74, 6) is -1.05. The highest BCUT2D eigenvalue weighted by Crippen LogP contribution is 2.24. The van der Waals surface area contributed by atoms with Crippen molar-refractivity contribution in [1.82, 2.24) is 20.8 Å². The number of aromatic nitrogens is 2. The van der Waals surface area contributed by atoms with Crippen molar-refractivity contribution in [3.63, 3.8) is 0 Å². The standard InChI is InChI=1S/C17H19FN4O4/c18-12-3-1-2-11(8-12)15-21-14(26-22-15)9-19-17(25)20-13-6-4-10(5-7-13)16(23)24/h1-3,8,10,13H,4-7,9H2,(H,23,24)(H2,19,20,25). The highest BCUT2D eigenvalue weighted by atomic mass is 19.1. The number of amides is 2. The van der Waals surface area contributed by atoms with Gasteiger partial charge in [-0.25, -0.2) is 9.18 Å². The van der Waals surface area contributed by atoms with E-state index in [2.05, 4.69) is 20.8 Å². The van der Waals surface area contributed by atoms with Crippen LogP contribution >= 0.6 is 0 Å². The summed E-state index contributed by atoms with van der Waals surface area (Å²) < 4.78 is 18.3. The average Bonchev–Trinajstić information content (AvgIpc) is 3.09. The molecule has 3 N–H and O–H groups in total. The van der Waals surface area contributed by atoms with Crippen LogP contribution < -0.4 is 10.6 Å². The molecule has 1 aromatic heterocycles. The predicted octanol–water partition coefficient (Wildman–Crippen LogP) is 2.32. The van der Waals surface area contributed by atoms with Crippen molar-refractivity contribution in [2.24, 2.45) is 5.92 Å². The van der Waals surface area contributed by atoms with Crippen LogP contribution in [0.3, 0.4) is 0 Å². The summed E-state index contributed by atoms with van der Waals surface area (Å²) in [6, 6.07) is 5.39. The van der Waals surface area contributed by atoms with Crippen molar-refractivity contribution in [3.05, 3.63) is 36.0 Å². The lowest BCUT2D eigenvalue weighted by Gasteiger charge is -2.26. The SMILES string of the molecule is O=C(NCc1nc(-c2cccc(F)c2)no1)NC1CCC(C(=O)O)CC1. The first-order valence-electron chi connectivity index (χ1n) is 8.37. The van der Waals surface area contributed by atoms with Crippen molar-refractivity contribution < 1.29 is 23.6 Å². The van der Waals surface area contributed by atoms with E-state index in [9.17, 15) is 14.0 Å². The van der Waals surface area contributed by atoms with Crippen molar-refractivity contribution in [1.29, 1.82) is 0 Å². The molecule has 2 amide bonds. The van der Waals surface area contributed by atoms with Gasteiger partial charge in [0.2, 0.25) is 11.7 Å². The average molecular weight is 362 g/mol. The molecule has 1 fully saturated rings. The number of halogens is 1. The Hall–Kier alpha value is -2.97. The van der Waals surface area contributed by atoms with E-state index in [1.54, 1.807) is 12.1 Å². The zero-order chi connectivity index (χ0) is 18.5. The van der Waals surface area contributed by atoms with Gasteiger partial charge in [0, 0.05) is 11.6 Å². The molecule has 0 saturated heterocycles. The molecule has 0 radical (unpaired) electrons. The molecule has 26 heavy (non-hydrogen) atoms. The number of hydrogen-bond acceptors (Lipinski definition) is 5. The van der Waals surface area contributed by atoms with Crippen LogP contribution in [0.25, 0.3) is 11.4 Å². The largest absolute Gasteiger partial charge is 0.481 e. The summed E-state index contributed by atoms with van der Waals surface area (Å²) in [6.45, 7) is 0.0403. The minimum atomic E-state index is -0.779. The van der Waals surface area contributed by atoms with Gasteiger partial charge in [0.05, 0.1) is 12.5 Å². The fourth-order valence-electron chi connectivity index (χ4n) is 2.95. The van der Waals surface area contributed by atoms with Gasteiger partial charge in [-0.05, 0) is 37.8 Å². The first kappa shape index (κ1) is 17.8. The van der Waals surface area contributed by atoms with Crippen LogP contribution in [0.4, 0.5) is 9.18 Å². The lowest BCUT2D eigenvalue weighted by Crippen LogP contribution is -2.43. The first-order chi connectivity index (χ1) is 12.5. The molecule has 1 aliphatic carbocycles. The number of carbonyl (C=O) groups excluding carboxylic acids is 1. The normalized spacial score (nSPS) is 19.7. The molecule has 0 aliphatic heterocycles. The van der Waals surface area contributed by atoms with Crippen molar-refractivity contribution in [3.8, 4) is 11.4 Å². The van der Waals surface area contributed by atoms with Crippen LogP contribution in [0.2, 0.25) is 0 Å². The molecule has 1 aromatic carbocycles. The Morgan fingerprint density at radius 2 is 2.04 bits per heavy atom. The number of carboxylic acid groups (broad SMARTS) is 1. The maximum atomic E-state index is 13.2. The lowest BCUT2D eigenvalue weighted by atomic mass is 9.86. The molecular weight excluding hydrogens is 343 g/mol. The zero-order valence-corrected chi connectivity index (χ0v) is 13.9. The summed E-state index contributed by atoms with van der Waals surface area (Å²) in [5, 5.41) is 18.2. The molecule has 1 saturated carbocycles. The highest BCUT2D eigenvalue weighted by Gasteiger charge is 2.26. The second-order valence-electron chi connectivity index (χ2n) is 6.24. The monoisotopic (exact) mass is 362 g/mol. The maximum absolute atomic E-state index is 13.2. The molecule has 1 heterocycles. The highest BCUT2D eigenvalue weighted by molar-refractivity contribution is 5.74. The second-order valence-corrected chi connectivity index (χ2v) is 6.24. The molecule has 0 bridgehead atoms. The van der Waals surface area contributed by atoms with Crippen LogP contribution in [0.15, 0.2) is 28.8 Å². The molecule has 0 spiro atoms. The Kier molecular flexibility index (Phi) is 5.45. The van der Waals surface area contributed by atoms with Gasteiger partial charge in [-0.3, -0.25) is 4.79 Å². The zero-order valence-electron chi connectivity index (χ0n) is 13.9. The van der Waals surface area contributed by atoms with E-state index >= 15 is 0 Å². The third kappa shape index (κ3) is 4.56. The molecular formula is C17H19FN4O4. The summed E-state index contributed by atoms with van der Waals surface area (Å²) in [6.07, 6.45) is 2.38. The Morgan fingerprint density at radius 3 is 2.73 bits per heavy atom. The Balaban J connectivity index is 1.46. The van der Waals surface area contributed by atoms with Gasteiger partial charge in [0.15, 0.2) is 0 Å². The minimum absolute atomic E-state index is 0.0403. The fraction of sp³-hybridized carbons (Fsp3) is 0.412. The number of nitrogens with zero attached hydrogens (tertiary/aromatic N) is 2. The van der Waals surface area contributed by atoms with E-state index in [4.69, 9.17) is 9.63 Å². The van der Waals surface area contributed by atoms with Gasteiger partial charge in [-0.15, -0.1) is 0 Å². The van der Waals surface area contributed by atoms with Gasteiger partial charge in [-0.1, -0.05) is 17.3 Å². The number of benzene rings is 1. The number of nitrogens with one attached hydrogen (secondary N) is 2. The van der Waals surface area contributed by atoms with Gasteiger partial charge < -0.3 is 20.3 Å². The van der Waals surface area contributed by atoms with E-state index in [0.717, 1.165) is 0 Å². The minimum Gasteiger partial charge on any atom is -0.481 e. The third-order valence-electron chi connectivity index (χ3n) is 4.36. The van der Waals surface area contributed by atoms with Crippen molar-refractivity contribution in [2.75, 3.05) is 0 Å². The number of aliphatic carboxylic acids is 1. The van der Waals surface area contributed by atoms with Crippen LogP contribution in [0.5, 0.6) is 0 Å². The van der Waals surface area contributed by atoms with Crippen LogP contribution in [0.1, 0.15) is 31.6 Å². The van der Waals surface area contributed by atoms with E-state index < -0.39 is 11.8 Å². The Labute approximate surface area is 148 Å². The van der Waals surface area contributed by atoms with Crippen molar-refractivity contribution in [2.45, 2.75) is 38.3 Å². The first-order valence-corrected chi connectivity index (χ1v) is 8.37. The van der Waals surface area contributed by atoms with Crippen LogP contribution in [-0.2, 0) is 11.3 Å². The number of carbonyl (C=O) groups is 2. The summed E-state index contributed by atoms with van der Waals surface area (Å²) >= 11 is 0. The number of urea groups is 1. The molecule has 1 aliphatic rings. The third-order valence-corrected chi connectivity index (χ3v) is 4.36. The van der Waals surface area contributed by atoms with Crippen molar-refractivity contribution >= 4 is 12.0 Å². The molecule has 0 atom stereocenters. The van der Waals surface area contributed by atoms with Crippen LogP contribution in [0, 0.1) is 11.7 Å². The molecule has 2 aromatic rings. The van der Waals surface area contributed by atoms with E-state index in [0.29, 0.717) is 31.2 Å². The topological polar surface area (TPSA) is 117 Å². The smallest absolute Gasteiger partial charge is 0.315 e. The maximum Gasteiger partial charge on any atom is 0.315 e. The summed E-state index contributed by atoms with van der Waals surface area (Å²) in [7, 11) is 0. The summed E-state index contributed by atoms with van der Waals surface area (Å²) in [4.78, 5) is 27.0. The fourth-order valence-corrected chi connectivity index (χ4v) is 2.95. The summed E-state index contributed by atoms with van der Waals surface area (Å²) in [5.41, 5.74) is 0.486. The van der Waals surface area contributed by atoms with Gasteiger partial charge in [0.25, 0.3) is 0 Å². The second kappa shape index (κ2) is 7.94. The van der Waals surface area contributed by atoms with E-state index in [1.165, 1.54) is 12.1 Å². The quantitative estimate of drug-likeness (QED) is 0.751. The number of rotatable bonds is 5. The van der Waals surface area contributed by atoms with Gasteiger partial charge >= 0.3 is 12.0 Å². The molecule has 8 nitrogen and oxygen atoms in total. The lowest BCUT2D eigenvalue weighted by molar-refractivity contribution is -0.142. The number of hydrogen-bond donors (Lipinski definition) is 3. The Bertz CT molecular complexity index is 787.